The SMILES string of the molecule is CCn1nc(C)c(CCCCCn2nc(C)cc2C=O)c1C(=O)Nc1nc2cc(C(N)=O)ccc2n1CCCCn1c(NC)nc2c(CN)cccc21. The number of aldehydes is 1. The third-order valence-corrected chi connectivity index (χ3v) is 9.69. The zero-order valence-corrected chi connectivity index (χ0v) is 30.9. The molecule has 0 aliphatic carbocycles. The quantitative estimate of drug-likeness (QED) is 0.0699. The van der Waals surface area contributed by atoms with Crippen molar-refractivity contribution in [3.8, 4) is 0 Å². The minimum atomic E-state index is -0.548. The Balaban J connectivity index is 1.19. The summed E-state index contributed by atoms with van der Waals surface area (Å²) >= 11 is 0. The zero-order chi connectivity index (χ0) is 37.6. The van der Waals surface area contributed by atoms with Crippen LogP contribution in [0.4, 0.5) is 11.9 Å². The standard InChI is InChI=1S/C38H48N12O3/c1-5-49-34(29(25(3)46-49)13-7-6-8-19-50-28(23-51)20-24(2)45-50)36(53)44-38-42-30-21-26(35(40)52)15-16-31(30)47(38)17-9-10-18-48-32-14-11-12-27(22-39)33(32)43-37(48)41-4/h11-12,14-16,20-21,23H,5-10,13,17-19,22,39H2,1-4H3,(H2,40,52)(H,41,43)(H,42,44,53). The fourth-order valence-electron chi connectivity index (χ4n) is 7.07. The molecule has 6 rings (SSSR count). The Morgan fingerprint density at radius 3 is 2.32 bits per heavy atom. The summed E-state index contributed by atoms with van der Waals surface area (Å²) in [5.41, 5.74) is 19.8. The fourth-order valence-corrected chi connectivity index (χ4v) is 7.07. The molecule has 15 heteroatoms. The number of para-hydroxylation sites is 1. The number of carbonyl (C=O) groups excluding carboxylic acids is 3. The van der Waals surface area contributed by atoms with Crippen LogP contribution in [0.1, 0.15) is 92.9 Å². The number of aryl methyl sites for hydroxylation is 6. The van der Waals surface area contributed by atoms with Gasteiger partial charge in [-0.05, 0) is 88.8 Å². The van der Waals surface area contributed by atoms with Gasteiger partial charge in [0.15, 0.2) is 6.29 Å². The van der Waals surface area contributed by atoms with Crippen LogP contribution in [0, 0.1) is 13.8 Å². The van der Waals surface area contributed by atoms with E-state index in [1.165, 1.54) is 0 Å². The average molecular weight is 721 g/mol. The van der Waals surface area contributed by atoms with Gasteiger partial charge >= 0.3 is 0 Å². The lowest BCUT2D eigenvalue weighted by Crippen LogP contribution is -2.21. The summed E-state index contributed by atoms with van der Waals surface area (Å²) in [6.07, 6.45) is 5.69. The van der Waals surface area contributed by atoms with Gasteiger partial charge in [0.2, 0.25) is 17.8 Å². The normalized spacial score (nSPS) is 11.5. The molecule has 0 aliphatic rings. The second kappa shape index (κ2) is 16.2. The van der Waals surface area contributed by atoms with Gasteiger partial charge in [0.05, 0.1) is 33.5 Å². The molecule has 15 nitrogen and oxygen atoms in total. The number of carbonyl (C=O) groups is 3. The van der Waals surface area contributed by atoms with Crippen molar-refractivity contribution in [3.05, 3.63) is 81.9 Å². The molecule has 53 heavy (non-hydrogen) atoms. The second-order valence-electron chi connectivity index (χ2n) is 13.2. The minimum Gasteiger partial charge on any atom is -0.366 e. The molecule has 0 unspecified atom stereocenters. The largest absolute Gasteiger partial charge is 0.366 e. The van der Waals surface area contributed by atoms with Gasteiger partial charge in [-0.15, -0.1) is 0 Å². The Kier molecular flexibility index (Phi) is 11.3. The summed E-state index contributed by atoms with van der Waals surface area (Å²) in [4.78, 5) is 47.1. The van der Waals surface area contributed by atoms with Crippen LogP contribution in [0.25, 0.3) is 22.1 Å². The molecule has 6 N–H and O–H groups in total. The third-order valence-electron chi connectivity index (χ3n) is 9.69. The molecule has 0 saturated carbocycles. The van der Waals surface area contributed by atoms with Crippen molar-refractivity contribution in [2.75, 3.05) is 17.7 Å². The minimum absolute atomic E-state index is 0.295. The topological polar surface area (TPSA) is 199 Å². The number of fused-ring (bicyclic) bond motifs is 2. The number of nitrogens with one attached hydrogen (secondary N) is 2. The number of primary amides is 1. The Morgan fingerprint density at radius 1 is 0.868 bits per heavy atom. The number of anilines is 2. The summed E-state index contributed by atoms with van der Waals surface area (Å²) in [7, 11) is 1.86. The highest BCUT2D eigenvalue weighted by atomic mass is 16.2. The number of hydrogen-bond acceptors (Lipinski definition) is 9. The van der Waals surface area contributed by atoms with Gasteiger partial charge < -0.3 is 25.9 Å². The van der Waals surface area contributed by atoms with Crippen molar-refractivity contribution in [2.45, 2.75) is 92.0 Å². The van der Waals surface area contributed by atoms with Gasteiger partial charge in [0.1, 0.15) is 11.4 Å². The summed E-state index contributed by atoms with van der Waals surface area (Å²) in [5.74, 6) is 0.320. The number of nitrogens with zero attached hydrogens (tertiary/aromatic N) is 8. The van der Waals surface area contributed by atoms with Gasteiger partial charge in [-0.3, -0.25) is 29.1 Å². The number of hydrogen-bond donors (Lipinski definition) is 4. The molecule has 0 fully saturated rings. The smallest absolute Gasteiger partial charge is 0.276 e. The Morgan fingerprint density at radius 2 is 1.62 bits per heavy atom. The highest BCUT2D eigenvalue weighted by Crippen LogP contribution is 2.26. The van der Waals surface area contributed by atoms with Gasteiger partial charge in [-0.2, -0.15) is 10.2 Å². The van der Waals surface area contributed by atoms with Crippen molar-refractivity contribution in [1.82, 2.24) is 38.7 Å². The third kappa shape index (κ3) is 7.70. The van der Waals surface area contributed by atoms with Crippen molar-refractivity contribution < 1.29 is 14.4 Å². The molecular formula is C38H48N12O3. The Labute approximate surface area is 307 Å². The molecule has 4 heterocycles. The van der Waals surface area contributed by atoms with Crippen LogP contribution in [0.5, 0.6) is 0 Å². The first-order valence-electron chi connectivity index (χ1n) is 18.2. The van der Waals surface area contributed by atoms with Gasteiger partial charge in [-0.25, -0.2) is 9.97 Å². The van der Waals surface area contributed by atoms with Crippen LogP contribution < -0.4 is 22.1 Å². The van der Waals surface area contributed by atoms with Crippen LogP contribution in [-0.2, 0) is 39.1 Å². The van der Waals surface area contributed by atoms with Crippen molar-refractivity contribution in [2.24, 2.45) is 11.5 Å². The highest BCUT2D eigenvalue weighted by Gasteiger charge is 2.24. The first kappa shape index (κ1) is 36.9. The summed E-state index contributed by atoms with van der Waals surface area (Å²) in [5, 5.41) is 15.4. The van der Waals surface area contributed by atoms with E-state index in [-0.39, 0.29) is 5.91 Å². The molecule has 6 aromatic rings. The lowest BCUT2D eigenvalue weighted by atomic mass is 10.0. The van der Waals surface area contributed by atoms with Gasteiger partial charge in [-0.1, -0.05) is 18.6 Å². The van der Waals surface area contributed by atoms with Crippen LogP contribution in [0.2, 0.25) is 0 Å². The molecule has 0 bridgehead atoms. The Hall–Kier alpha value is -5.83. The van der Waals surface area contributed by atoms with E-state index >= 15 is 0 Å². The number of aromatic nitrogens is 8. The summed E-state index contributed by atoms with van der Waals surface area (Å²) in [6, 6.07) is 13.0. The van der Waals surface area contributed by atoms with Crippen molar-refractivity contribution in [3.63, 3.8) is 0 Å². The first-order chi connectivity index (χ1) is 25.7. The number of imidazole rings is 2. The van der Waals surface area contributed by atoms with E-state index in [0.29, 0.717) is 61.0 Å². The van der Waals surface area contributed by atoms with E-state index in [1.807, 2.05) is 50.6 Å². The van der Waals surface area contributed by atoms with Crippen LogP contribution in [-0.4, -0.2) is 63.8 Å². The lowest BCUT2D eigenvalue weighted by Gasteiger charge is -2.13. The van der Waals surface area contributed by atoms with E-state index in [0.717, 1.165) is 89.9 Å². The van der Waals surface area contributed by atoms with Gasteiger partial charge in [0, 0.05) is 50.9 Å². The molecule has 2 aromatic carbocycles. The number of amides is 2. The summed E-state index contributed by atoms with van der Waals surface area (Å²) < 4.78 is 7.64. The number of unbranched alkanes of at least 4 members (excludes halogenated alkanes) is 3. The average Bonchev–Trinajstić information content (AvgIpc) is 3.90. The monoisotopic (exact) mass is 720 g/mol. The predicted molar refractivity (Wildman–Crippen MR) is 205 cm³/mol. The predicted octanol–water partition coefficient (Wildman–Crippen LogP) is 4.97. The molecule has 0 saturated heterocycles. The Bertz CT molecular complexity index is 2270. The van der Waals surface area contributed by atoms with Crippen molar-refractivity contribution in [1.29, 1.82) is 0 Å². The molecular weight excluding hydrogens is 672 g/mol. The van der Waals surface area contributed by atoms with E-state index in [4.69, 9.17) is 26.5 Å². The van der Waals surface area contributed by atoms with Crippen LogP contribution in [0.15, 0.2) is 42.5 Å². The second-order valence-corrected chi connectivity index (χ2v) is 13.2. The number of rotatable bonds is 18. The maximum atomic E-state index is 14.1. The highest BCUT2D eigenvalue weighted by molar-refractivity contribution is 6.04. The van der Waals surface area contributed by atoms with E-state index in [9.17, 15) is 14.4 Å². The molecule has 278 valence electrons. The van der Waals surface area contributed by atoms with E-state index < -0.39 is 5.91 Å². The van der Waals surface area contributed by atoms with E-state index in [2.05, 4.69) is 26.4 Å². The molecule has 0 radical (unpaired) electrons. The van der Waals surface area contributed by atoms with Crippen LogP contribution >= 0.6 is 0 Å². The molecule has 0 aliphatic heterocycles. The van der Waals surface area contributed by atoms with Gasteiger partial charge in [0.25, 0.3) is 5.91 Å². The molecule has 2 amide bonds. The maximum Gasteiger partial charge on any atom is 0.276 e. The van der Waals surface area contributed by atoms with Crippen molar-refractivity contribution >= 4 is 52.1 Å². The van der Waals surface area contributed by atoms with Crippen LogP contribution in [0.3, 0.4) is 0 Å². The number of benzene rings is 2. The first-order valence-corrected chi connectivity index (χ1v) is 18.2. The fraction of sp³-hybridized carbons (Fsp3) is 0.395. The number of nitrogens with two attached hydrogens (primary N) is 2. The lowest BCUT2D eigenvalue weighted by molar-refractivity contribution is 0.0995. The molecule has 4 aromatic heterocycles. The zero-order valence-electron chi connectivity index (χ0n) is 30.9. The van der Waals surface area contributed by atoms with E-state index in [1.54, 1.807) is 27.6 Å². The maximum absolute atomic E-state index is 14.1. The molecule has 0 spiro atoms. The molecule has 0 atom stereocenters. The summed E-state index contributed by atoms with van der Waals surface area (Å²) in [6.45, 7) is 8.65.